The van der Waals surface area contributed by atoms with Crippen LogP contribution in [0.4, 0.5) is 4.39 Å². The van der Waals surface area contributed by atoms with Crippen molar-refractivity contribution in [3.63, 3.8) is 0 Å². The number of halogens is 1. The zero-order valence-corrected chi connectivity index (χ0v) is 14.5. The second-order valence-corrected chi connectivity index (χ2v) is 6.00. The van der Waals surface area contributed by atoms with Crippen LogP contribution in [0.1, 0.15) is 45.2 Å². The summed E-state index contributed by atoms with van der Waals surface area (Å²) in [5.74, 6) is -0.147. The lowest BCUT2D eigenvalue weighted by Crippen LogP contribution is -2.59. The van der Waals surface area contributed by atoms with Gasteiger partial charge in [-0.15, -0.1) is 0 Å². The van der Waals surface area contributed by atoms with Crippen LogP contribution in [0.2, 0.25) is 0 Å². The minimum Gasteiger partial charge on any atom is -0.315 e. The Morgan fingerprint density at radius 1 is 1.24 bits per heavy atom. The minimum atomic E-state index is -0.147. The van der Waals surface area contributed by atoms with Crippen molar-refractivity contribution in [1.29, 1.82) is 0 Å². The molecule has 0 saturated carbocycles. The van der Waals surface area contributed by atoms with Crippen molar-refractivity contribution in [2.24, 2.45) is 0 Å². The van der Waals surface area contributed by atoms with Crippen LogP contribution in [0.5, 0.6) is 0 Å². The Hall–Kier alpha value is -0.930. The van der Waals surface area contributed by atoms with Gasteiger partial charge in [0.05, 0.1) is 0 Å². The molecule has 3 heteroatoms. The van der Waals surface area contributed by atoms with Crippen molar-refractivity contribution in [2.75, 3.05) is 20.1 Å². The Morgan fingerprint density at radius 2 is 1.86 bits per heavy atom. The van der Waals surface area contributed by atoms with Crippen molar-refractivity contribution < 1.29 is 4.39 Å². The molecular formula is C18H31FN2. The molecule has 1 N–H and O–H groups in total. The van der Waals surface area contributed by atoms with E-state index in [1.54, 1.807) is 6.07 Å². The van der Waals surface area contributed by atoms with E-state index in [4.69, 9.17) is 0 Å². The molecule has 1 rings (SSSR count). The largest absolute Gasteiger partial charge is 0.315 e. The van der Waals surface area contributed by atoms with Gasteiger partial charge in [0, 0.05) is 11.6 Å². The zero-order valence-electron chi connectivity index (χ0n) is 14.5. The molecule has 21 heavy (non-hydrogen) atoms. The fourth-order valence-corrected chi connectivity index (χ4v) is 3.35. The zero-order chi connectivity index (χ0) is 16.0. The summed E-state index contributed by atoms with van der Waals surface area (Å²) in [6.45, 7) is 13.1. The summed E-state index contributed by atoms with van der Waals surface area (Å²) < 4.78 is 13.5. The van der Waals surface area contributed by atoms with Gasteiger partial charge in [0.15, 0.2) is 0 Å². The van der Waals surface area contributed by atoms with E-state index in [1.165, 1.54) is 6.07 Å². The van der Waals surface area contributed by atoms with Gasteiger partial charge >= 0.3 is 0 Å². The van der Waals surface area contributed by atoms with E-state index in [0.717, 1.165) is 37.1 Å². The van der Waals surface area contributed by atoms with E-state index in [1.807, 2.05) is 13.1 Å². The van der Waals surface area contributed by atoms with Crippen LogP contribution in [0.25, 0.3) is 0 Å². The Labute approximate surface area is 129 Å². The van der Waals surface area contributed by atoms with Gasteiger partial charge in [-0.2, -0.15) is 0 Å². The van der Waals surface area contributed by atoms with Gasteiger partial charge in [-0.3, -0.25) is 4.90 Å². The van der Waals surface area contributed by atoms with Crippen molar-refractivity contribution in [1.82, 2.24) is 10.2 Å². The summed E-state index contributed by atoms with van der Waals surface area (Å²) in [7, 11) is 2.01. The molecule has 0 heterocycles. The maximum Gasteiger partial charge on any atom is 0.123 e. The molecule has 0 aliphatic carbocycles. The molecule has 0 aliphatic rings. The van der Waals surface area contributed by atoms with Gasteiger partial charge in [0.1, 0.15) is 5.82 Å². The van der Waals surface area contributed by atoms with Gasteiger partial charge < -0.3 is 5.32 Å². The molecular weight excluding hydrogens is 263 g/mol. The molecule has 0 saturated heterocycles. The monoisotopic (exact) mass is 294 g/mol. The van der Waals surface area contributed by atoms with E-state index < -0.39 is 0 Å². The van der Waals surface area contributed by atoms with Crippen LogP contribution < -0.4 is 5.32 Å². The topological polar surface area (TPSA) is 15.3 Å². The highest BCUT2D eigenvalue weighted by Gasteiger charge is 2.36. The fourth-order valence-electron chi connectivity index (χ4n) is 3.35. The number of aryl methyl sites for hydroxylation is 1. The number of benzene rings is 1. The van der Waals surface area contributed by atoms with Crippen molar-refractivity contribution in [3.8, 4) is 0 Å². The summed E-state index contributed by atoms with van der Waals surface area (Å²) in [6.07, 6.45) is 1.91. The molecule has 2 unspecified atom stereocenters. The first-order chi connectivity index (χ1) is 9.92. The Morgan fingerprint density at radius 3 is 2.33 bits per heavy atom. The molecule has 0 amide bonds. The first kappa shape index (κ1) is 18.1. The lowest BCUT2D eigenvalue weighted by atomic mass is 9.82. The first-order valence-electron chi connectivity index (χ1n) is 8.10. The van der Waals surface area contributed by atoms with Crippen molar-refractivity contribution in [3.05, 3.63) is 35.1 Å². The summed E-state index contributed by atoms with van der Waals surface area (Å²) in [6, 6.07) is 5.38. The van der Waals surface area contributed by atoms with E-state index in [9.17, 15) is 4.39 Å². The Bertz CT molecular complexity index is 443. The summed E-state index contributed by atoms with van der Waals surface area (Å²) >= 11 is 0. The first-order valence-corrected chi connectivity index (χ1v) is 8.10. The van der Waals surface area contributed by atoms with Crippen LogP contribution in [0.15, 0.2) is 18.2 Å². The molecule has 0 fully saturated rings. The maximum absolute atomic E-state index is 13.5. The highest BCUT2D eigenvalue weighted by molar-refractivity contribution is 5.28. The number of hydrogen-bond acceptors (Lipinski definition) is 2. The smallest absolute Gasteiger partial charge is 0.123 e. The number of nitrogens with one attached hydrogen (secondary N) is 1. The van der Waals surface area contributed by atoms with Gasteiger partial charge in [-0.05, 0) is 70.1 Å². The van der Waals surface area contributed by atoms with E-state index in [2.05, 4.69) is 44.8 Å². The molecule has 0 radical (unpaired) electrons. The molecule has 0 aliphatic heterocycles. The predicted octanol–water partition coefficient (Wildman–Crippen LogP) is 3.78. The molecule has 1 aromatic carbocycles. The lowest BCUT2D eigenvalue weighted by molar-refractivity contribution is 0.0729. The highest BCUT2D eigenvalue weighted by Crippen LogP contribution is 2.27. The number of hydrogen-bond donors (Lipinski definition) is 1. The SMILES string of the molecule is CCN(CC)C(C)(CC)C(Cc1cc(F)ccc1C)NC. The minimum absolute atomic E-state index is 0.0665. The lowest BCUT2D eigenvalue weighted by Gasteiger charge is -2.46. The van der Waals surface area contributed by atoms with E-state index >= 15 is 0 Å². The summed E-state index contributed by atoms with van der Waals surface area (Å²) in [5.41, 5.74) is 2.33. The molecule has 2 atom stereocenters. The molecule has 120 valence electrons. The summed E-state index contributed by atoms with van der Waals surface area (Å²) in [5, 5.41) is 3.47. The summed E-state index contributed by atoms with van der Waals surface area (Å²) in [4.78, 5) is 2.50. The highest BCUT2D eigenvalue weighted by atomic mass is 19.1. The Kier molecular flexibility index (Phi) is 6.82. The average molecular weight is 294 g/mol. The van der Waals surface area contributed by atoms with Crippen LogP contribution in [-0.2, 0) is 6.42 Å². The van der Waals surface area contributed by atoms with E-state index in [0.29, 0.717) is 6.04 Å². The number of likely N-dealkylation sites (N-methyl/N-ethyl adjacent to an activating group) is 2. The molecule has 0 spiro atoms. The molecule has 1 aromatic rings. The second kappa shape index (κ2) is 7.90. The quantitative estimate of drug-likeness (QED) is 0.785. The molecule has 0 aromatic heterocycles. The third-order valence-electron chi connectivity index (χ3n) is 5.04. The molecule has 2 nitrogen and oxygen atoms in total. The normalized spacial score (nSPS) is 16.0. The van der Waals surface area contributed by atoms with Crippen LogP contribution in [0.3, 0.4) is 0 Å². The van der Waals surface area contributed by atoms with Gasteiger partial charge in [-0.1, -0.05) is 26.8 Å². The van der Waals surface area contributed by atoms with Crippen LogP contribution in [0, 0.1) is 12.7 Å². The molecule has 0 bridgehead atoms. The van der Waals surface area contributed by atoms with Gasteiger partial charge in [-0.25, -0.2) is 4.39 Å². The Balaban J connectivity index is 3.07. The standard InChI is InChI=1S/C18H31FN2/c1-7-18(5,21(8-2)9-3)17(20-6)13-15-12-16(19)11-10-14(15)4/h10-12,17,20H,7-9,13H2,1-6H3. The van der Waals surface area contributed by atoms with Gasteiger partial charge in [0.2, 0.25) is 0 Å². The predicted molar refractivity (Wildman–Crippen MR) is 89.3 cm³/mol. The maximum atomic E-state index is 13.5. The average Bonchev–Trinajstić information content (AvgIpc) is 2.48. The number of rotatable bonds is 8. The van der Waals surface area contributed by atoms with Gasteiger partial charge in [0.25, 0.3) is 0 Å². The third kappa shape index (κ3) is 4.04. The number of nitrogens with zero attached hydrogens (tertiary/aromatic N) is 1. The van der Waals surface area contributed by atoms with Crippen LogP contribution in [-0.4, -0.2) is 36.6 Å². The van der Waals surface area contributed by atoms with Crippen LogP contribution >= 0.6 is 0 Å². The van der Waals surface area contributed by atoms with Crippen molar-refractivity contribution >= 4 is 0 Å². The third-order valence-corrected chi connectivity index (χ3v) is 5.04. The second-order valence-electron chi connectivity index (χ2n) is 6.00. The van der Waals surface area contributed by atoms with E-state index in [-0.39, 0.29) is 11.4 Å². The van der Waals surface area contributed by atoms with Crippen molar-refractivity contribution in [2.45, 2.75) is 59.0 Å². The fraction of sp³-hybridized carbons (Fsp3) is 0.667.